The summed E-state index contributed by atoms with van der Waals surface area (Å²) < 4.78 is 31.0. The van der Waals surface area contributed by atoms with Gasteiger partial charge in [0, 0.05) is 7.05 Å². The fourth-order valence-electron chi connectivity index (χ4n) is 1.56. The second kappa shape index (κ2) is 5.54. The minimum Gasteiger partial charge on any atom is -0.468 e. The van der Waals surface area contributed by atoms with Crippen LogP contribution >= 0.6 is 23.2 Å². The number of sulfonamides is 1. The maximum absolute atomic E-state index is 12.4. The van der Waals surface area contributed by atoms with Gasteiger partial charge in [0.1, 0.15) is 10.7 Å². The molecule has 0 saturated carbocycles. The molecule has 0 fully saturated rings. The zero-order valence-corrected chi connectivity index (χ0v) is 12.3. The lowest BCUT2D eigenvalue weighted by molar-refractivity contribution is 0.406. The summed E-state index contributed by atoms with van der Waals surface area (Å²) in [6, 6.07) is 7.90. The highest BCUT2D eigenvalue weighted by atomic mass is 35.5. The summed E-state index contributed by atoms with van der Waals surface area (Å²) >= 11 is 11.8. The van der Waals surface area contributed by atoms with E-state index in [4.69, 9.17) is 27.6 Å². The maximum Gasteiger partial charge on any atom is 0.244 e. The molecule has 19 heavy (non-hydrogen) atoms. The summed E-state index contributed by atoms with van der Waals surface area (Å²) in [5, 5.41) is 0.226. The molecular formula is C12H11Cl2NO3S. The summed E-state index contributed by atoms with van der Waals surface area (Å²) in [5.41, 5.74) is 0. The number of halogens is 2. The Balaban J connectivity index is 2.34. The van der Waals surface area contributed by atoms with Crippen molar-refractivity contribution in [2.45, 2.75) is 11.4 Å². The molecule has 2 aromatic rings. The van der Waals surface area contributed by atoms with E-state index >= 15 is 0 Å². The molecule has 7 heteroatoms. The third-order valence-electron chi connectivity index (χ3n) is 2.56. The maximum atomic E-state index is 12.4. The summed E-state index contributed by atoms with van der Waals surface area (Å²) in [6.45, 7) is 0.123. The van der Waals surface area contributed by atoms with E-state index in [-0.39, 0.29) is 21.5 Å². The molecule has 0 aliphatic carbocycles. The highest BCUT2D eigenvalue weighted by molar-refractivity contribution is 7.89. The summed E-state index contributed by atoms with van der Waals surface area (Å²) in [6.07, 6.45) is 1.49. The molecule has 0 spiro atoms. The predicted molar refractivity (Wildman–Crippen MR) is 73.8 cm³/mol. The van der Waals surface area contributed by atoms with Gasteiger partial charge in [0.05, 0.1) is 22.9 Å². The van der Waals surface area contributed by atoms with Crippen molar-refractivity contribution in [2.75, 3.05) is 7.05 Å². The number of nitrogens with zero attached hydrogens (tertiary/aromatic N) is 1. The lowest BCUT2D eigenvalue weighted by Gasteiger charge is -2.17. The van der Waals surface area contributed by atoms with E-state index in [0.29, 0.717) is 5.76 Å². The molecule has 4 nitrogen and oxygen atoms in total. The first-order valence-electron chi connectivity index (χ1n) is 5.35. The van der Waals surface area contributed by atoms with Crippen LogP contribution in [0, 0.1) is 0 Å². The molecule has 0 N–H and O–H groups in total. The molecular weight excluding hydrogens is 309 g/mol. The smallest absolute Gasteiger partial charge is 0.244 e. The zero-order valence-electron chi connectivity index (χ0n) is 10.0. The third-order valence-corrected chi connectivity index (χ3v) is 5.34. The average Bonchev–Trinajstić information content (AvgIpc) is 2.85. The number of benzene rings is 1. The summed E-state index contributed by atoms with van der Waals surface area (Å²) in [7, 11) is -2.26. The molecule has 1 heterocycles. The molecule has 2 rings (SSSR count). The van der Waals surface area contributed by atoms with Crippen molar-refractivity contribution >= 4 is 33.2 Å². The summed E-state index contributed by atoms with van der Waals surface area (Å²) in [5.74, 6) is 0.546. The number of rotatable bonds is 4. The zero-order chi connectivity index (χ0) is 14.0. The van der Waals surface area contributed by atoms with E-state index in [9.17, 15) is 8.42 Å². The largest absolute Gasteiger partial charge is 0.468 e. The fraction of sp³-hybridized carbons (Fsp3) is 0.167. The molecule has 0 radical (unpaired) electrons. The van der Waals surface area contributed by atoms with Crippen molar-refractivity contribution in [3.8, 4) is 0 Å². The van der Waals surface area contributed by atoms with Crippen LogP contribution in [-0.4, -0.2) is 19.8 Å². The molecule has 0 unspecified atom stereocenters. The van der Waals surface area contributed by atoms with Gasteiger partial charge in [-0.2, -0.15) is 4.31 Å². The van der Waals surface area contributed by atoms with Gasteiger partial charge in [0.15, 0.2) is 0 Å². The van der Waals surface area contributed by atoms with Crippen LogP contribution in [0.4, 0.5) is 0 Å². The van der Waals surface area contributed by atoms with Crippen LogP contribution < -0.4 is 0 Å². The number of hydrogen-bond acceptors (Lipinski definition) is 3. The van der Waals surface area contributed by atoms with Gasteiger partial charge >= 0.3 is 0 Å². The van der Waals surface area contributed by atoms with E-state index in [1.165, 1.54) is 25.4 Å². The number of hydrogen-bond donors (Lipinski definition) is 0. The predicted octanol–water partition coefficient (Wildman–Crippen LogP) is 3.41. The van der Waals surface area contributed by atoms with E-state index in [1.54, 1.807) is 18.2 Å². The topological polar surface area (TPSA) is 50.5 Å². The Labute approximate surface area is 121 Å². The van der Waals surface area contributed by atoms with Crippen LogP contribution in [0.25, 0.3) is 0 Å². The van der Waals surface area contributed by atoms with Gasteiger partial charge in [-0.15, -0.1) is 0 Å². The second-order valence-electron chi connectivity index (χ2n) is 3.89. The van der Waals surface area contributed by atoms with Crippen LogP contribution in [0.3, 0.4) is 0 Å². The third kappa shape index (κ3) is 2.95. The highest BCUT2D eigenvalue weighted by Crippen LogP contribution is 2.30. The lowest BCUT2D eigenvalue weighted by atomic mass is 10.4. The van der Waals surface area contributed by atoms with Gasteiger partial charge in [-0.1, -0.05) is 29.3 Å². The average molecular weight is 320 g/mol. The molecule has 0 saturated heterocycles. The van der Waals surface area contributed by atoms with Gasteiger partial charge in [-0.25, -0.2) is 8.42 Å². The quantitative estimate of drug-likeness (QED) is 0.867. The van der Waals surface area contributed by atoms with Crippen molar-refractivity contribution in [3.05, 3.63) is 52.4 Å². The monoisotopic (exact) mass is 319 g/mol. The van der Waals surface area contributed by atoms with Crippen molar-refractivity contribution in [2.24, 2.45) is 0 Å². The van der Waals surface area contributed by atoms with Crippen molar-refractivity contribution in [1.82, 2.24) is 4.31 Å². The van der Waals surface area contributed by atoms with Crippen LogP contribution in [-0.2, 0) is 16.6 Å². The Morgan fingerprint density at radius 2 is 1.95 bits per heavy atom. The Bertz CT molecular complexity index is 668. The van der Waals surface area contributed by atoms with E-state index in [2.05, 4.69) is 0 Å². The summed E-state index contributed by atoms with van der Waals surface area (Å²) in [4.78, 5) is -0.0178. The Morgan fingerprint density at radius 3 is 2.58 bits per heavy atom. The van der Waals surface area contributed by atoms with Crippen LogP contribution in [0.5, 0.6) is 0 Å². The lowest BCUT2D eigenvalue weighted by Crippen LogP contribution is -2.26. The van der Waals surface area contributed by atoms with Crippen LogP contribution in [0.15, 0.2) is 45.9 Å². The highest BCUT2D eigenvalue weighted by Gasteiger charge is 2.25. The molecule has 0 bridgehead atoms. The van der Waals surface area contributed by atoms with Crippen LogP contribution in [0.1, 0.15) is 5.76 Å². The van der Waals surface area contributed by atoms with E-state index in [1.807, 2.05) is 0 Å². The normalized spacial score (nSPS) is 12.0. The molecule has 0 atom stereocenters. The minimum absolute atomic E-state index is 0.0178. The molecule has 0 aliphatic heterocycles. The SMILES string of the molecule is CN(Cc1ccco1)S(=O)(=O)c1cccc(Cl)c1Cl. The van der Waals surface area contributed by atoms with Crippen molar-refractivity contribution in [3.63, 3.8) is 0 Å². The molecule has 1 aromatic carbocycles. The first kappa shape index (κ1) is 14.4. The molecule has 0 amide bonds. The van der Waals surface area contributed by atoms with E-state index in [0.717, 1.165) is 4.31 Å². The van der Waals surface area contributed by atoms with E-state index < -0.39 is 10.0 Å². The van der Waals surface area contributed by atoms with Gasteiger partial charge < -0.3 is 4.42 Å². The number of furan rings is 1. The molecule has 1 aromatic heterocycles. The Morgan fingerprint density at radius 1 is 1.21 bits per heavy atom. The fourth-order valence-corrected chi connectivity index (χ4v) is 3.43. The van der Waals surface area contributed by atoms with Crippen molar-refractivity contribution < 1.29 is 12.8 Å². The second-order valence-corrected chi connectivity index (χ2v) is 6.69. The van der Waals surface area contributed by atoms with Crippen molar-refractivity contribution in [1.29, 1.82) is 0 Å². The van der Waals surface area contributed by atoms with Gasteiger partial charge in [-0.05, 0) is 24.3 Å². The standard InChI is InChI=1S/C12H11Cl2NO3S/c1-15(8-9-4-3-7-18-9)19(16,17)11-6-2-5-10(13)12(11)14/h2-7H,8H2,1H3. The minimum atomic E-state index is -3.71. The van der Waals surface area contributed by atoms with Gasteiger partial charge in [0.25, 0.3) is 0 Å². The van der Waals surface area contributed by atoms with Crippen LogP contribution in [0.2, 0.25) is 10.0 Å². The molecule has 102 valence electrons. The Kier molecular flexibility index (Phi) is 4.20. The van der Waals surface area contributed by atoms with Gasteiger partial charge in [0.2, 0.25) is 10.0 Å². The molecule has 0 aliphatic rings. The van der Waals surface area contributed by atoms with Gasteiger partial charge in [-0.3, -0.25) is 0 Å². The Hall–Kier alpha value is -1.01. The first-order chi connectivity index (χ1) is 8.93. The first-order valence-corrected chi connectivity index (χ1v) is 7.55.